The zero-order valence-electron chi connectivity index (χ0n) is 12.2. The summed E-state index contributed by atoms with van der Waals surface area (Å²) in [7, 11) is 0. The maximum atomic E-state index is 12.2. The Bertz CT molecular complexity index is 578. The van der Waals surface area contributed by atoms with Crippen LogP contribution in [-0.4, -0.2) is 28.8 Å². The third-order valence-electron chi connectivity index (χ3n) is 3.36. The van der Waals surface area contributed by atoms with E-state index < -0.39 is 0 Å². The summed E-state index contributed by atoms with van der Waals surface area (Å²) in [5.74, 6) is 0.513. The van der Waals surface area contributed by atoms with Crippen LogP contribution in [0.3, 0.4) is 0 Å². The van der Waals surface area contributed by atoms with E-state index in [2.05, 4.69) is 10.5 Å². The molecule has 0 aliphatic heterocycles. The minimum absolute atomic E-state index is 0.0389. The highest BCUT2D eigenvalue weighted by atomic mass is 16.5. The van der Waals surface area contributed by atoms with Crippen LogP contribution in [0.15, 0.2) is 40.9 Å². The lowest BCUT2D eigenvalue weighted by atomic mass is 10.0. The molecule has 0 fully saturated rings. The Morgan fingerprint density at radius 3 is 2.67 bits per heavy atom. The van der Waals surface area contributed by atoms with Crippen LogP contribution in [0.4, 0.5) is 0 Å². The number of hydrogen-bond acceptors (Lipinski definition) is 4. The predicted octanol–water partition coefficient (Wildman–Crippen LogP) is 2.48. The van der Waals surface area contributed by atoms with E-state index in [9.17, 15) is 4.79 Å². The van der Waals surface area contributed by atoms with Crippen LogP contribution >= 0.6 is 0 Å². The number of rotatable bonds is 6. The summed E-state index contributed by atoms with van der Waals surface area (Å²) in [5.41, 5.74) is 1.12. The highest BCUT2D eigenvalue weighted by Gasteiger charge is 2.19. The van der Waals surface area contributed by atoms with Gasteiger partial charge in [-0.2, -0.15) is 0 Å². The van der Waals surface area contributed by atoms with Crippen LogP contribution in [0.1, 0.15) is 30.8 Å². The van der Waals surface area contributed by atoms with Crippen LogP contribution in [0.5, 0.6) is 0 Å². The zero-order chi connectivity index (χ0) is 15.2. The summed E-state index contributed by atoms with van der Waals surface area (Å²) < 4.78 is 5.21. The van der Waals surface area contributed by atoms with Gasteiger partial charge in [-0.05, 0) is 12.3 Å². The number of benzene rings is 1. The smallest absolute Gasteiger partial charge is 0.273 e. The summed E-state index contributed by atoms with van der Waals surface area (Å²) in [6, 6.07) is 11.0. The molecule has 1 unspecified atom stereocenters. The molecule has 5 nitrogen and oxygen atoms in total. The number of aliphatic hydroxyl groups is 1. The highest BCUT2D eigenvalue weighted by Crippen LogP contribution is 2.19. The molecule has 1 aromatic carbocycles. The second kappa shape index (κ2) is 7.04. The second-order valence-corrected chi connectivity index (χ2v) is 5.28. The maximum Gasteiger partial charge on any atom is 0.273 e. The third-order valence-corrected chi connectivity index (χ3v) is 3.36. The lowest BCUT2D eigenvalue weighted by Gasteiger charge is -2.20. The number of carbonyl (C=O) groups excluding carboxylic acids is 1. The Morgan fingerprint density at radius 1 is 1.33 bits per heavy atom. The van der Waals surface area contributed by atoms with Gasteiger partial charge in [-0.1, -0.05) is 49.3 Å². The van der Waals surface area contributed by atoms with E-state index in [1.54, 1.807) is 6.07 Å². The van der Waals surface area contributed by atoms with Gasteiger partial charge in [0.2, 0.25) is 0 Å². The number of carbonyl (C=O) groups is 1. The molecule has 112 valence electrons. The quantitative estimate of drug-likeness (QED) is 0.856. The summed E-state index contributed by atoms with van der Waals surface area (Å²) in [5, 5.41) is 15.7. The molecule has 0 aliphatic carbocycles. The number of aromatic nitrogens is 1. The van der Waals surface area contributed by atoms with Crippen molar-refractivity contribution in [2.75, 3.05) is 6.61 Å². The maximum absolute atomic E-state index is 12.2. The number of aliphatic hydroxyl groups excluding tert-OH is 1. The van der Waals surface area contributed by atoms with Gasteiger partial charge in [0, 0.05) is 24.3 Å². The predicted molar refractivity (Wildman–Crippen MR) is 79.7 cm³/mol. The monoisotopic (exact) mass is 288 g/mol. The van der Waals surface area contributed by atoms with Crippen molar-refractivity contribution in [3.63, 3.8) is 0 Å². The van der Waals surface area contributed by atoms with Gasteiger partial charge >= 0.3 is 0 Å². The Labute approximate surface area is 124 Å². The van der Waals surface area contributed by atoms with Crippen molar-refractivity contribution in [2.24, 2.45) is 5.92 Å². The highest BCUT2D eigenvalue weighted by molar-refractivity contribution is 5.93. The molecule has 1 aromatic heterocycles. The molecule has 0 spiro atoms. The van der Waals surface area contributed by atoms with E-state index >= 15 is 0 Å². The van der Waals surface area contributed by atoms with Crippen molar-refractivity contribution < 1.29 is 14.4 Å². The van der Waals surface area contributed by atoms with E-state index in [1.165, 1.54) is 0 Å². The summed E-state index contributed by atoms with van der Waals surface area (Å²) in [6.45, 7) is 4.04. The zero-order valence-corrected chi connectivity index (χ0v) is 12.2. The molecule has 0 aliphatic rings. The van der Waals surface area contributed by atoms with Crippen molar-refractivity contribution in [2.45, 2.75) is 26.3 Å². The number of hydrogen-bond donors (Lipinski definition) is 2. The first-order chi connectivity index (χ1) is 10.1. The lowest BCUT2D eigenvalue weighted by molar-refractivity contribution is 0.0907. The van der Waals surface area contributed by atoms with Crippen molar-refractivity contribution in [3.05, 3.63) is 42.1 Å². The molecule has 0 saturated carbocycles. The van der Waals surface area contributed by atoms with Gasteiger partial charge in [-0.3, -0.25) is 4.79 Å². The molecule has 5 heteroatoms. The normalized spacial score (nSPS) is 12.4. The SMILES string of the molecule is CC(C)C(CCO)NC(=O)c1cc(-c2ccccc2)on1. The van der Waals surface area contributed by atoms with Gasteiger partial charge in [0.15, 0.2) is 11.5 Å². The van der Waals surface area contributed by atoms with Gasteiger partial charge in [-0.15, -0.1) is 0 Å². The minimum atomic E-state index is -0.284. The fraction of sp³-hybridized carbons (Fsp3) is 0.375. The molecule has 1 heterocycles. The second-order valence-electron chi connectivity index (χ2n) is 5.28. The number of nitrogens with zero attached hydrogens (tertiary/aromatic N) is 1. The van der Waals surface area contributed by atoms with Crippen LogP contribution < -0.4 is 5.32 Å². The van der Waals surface area contributed by atoms with Crippen LogP contribution in [-0.2, 0) is 0 Å². The molecule has 0 saturated heterocycles. The van der Waals surface area contributed by atoms with Gasteiger partial charge < -0.3 is 14.9 Å². The standard InChI is InChI=1S/C16H20N2O3/c1-11(2)13(8-9-19)17-16(20)14-10-15(21-18-14)12-6-4-3-5-7-12/h3-7,10-11,13,19H,8-9H2,1-2H3,(H,17,20). The van der Waals surface area contributed by atoms with Gasteiger partial charge in [0.05, 0.1) is 0 Å². The Morgan fingerprint density at radius 2 is 2.05 bits per heavy atom. The van der Waals surface area contributed by atoms with Crippen LogP contribution in [0, 0.1) is 5.92 Å². The van der Waals surface area contributed by atoms with Crippen molar-refractivity contribution >= 4 is 5.91 Å². The molecule has 2 N–H and O–H groups in total. The Balaban J connectivity index is 2.08. The van der Waals surface area contributed by atoms with Crippen molar-refractivity contribution in [3.8, 4) is 11.3 Å². The van der Waals surface area contributed by atoms with E-state index in [-0.39, 0.29) is 30.2 Å². The first-order valence-electron chi connectivity index (χ1n) is 7.05. The summed E-state index contributed by atoms with van der Waals surface area (Å²) in [4.78, 5) is 12.2. The van der Waals surface area contributed by atoms with Gasteiger partial charge in [-0.25, -0.2) is 0 Å². The third kappa shape index (κ3) is 3.92. The molecule has 1 amide bonds. The first-order valence-corrected chi connectivity index (χ1v) is 7.05. The van der Waals surface area contributed by atoms with E-state index in [1.807, 2.05) is 44.2 Å². The number of nitrogens with one attached hydrogen (secondary N) is 1. The lowest BCUT2D eigenvalue weighted by Crippen LogP contribution is -2.39. The van der Waals surface area contributed by atoms with Crippen molar-refractivity contribution in [1.82, 2.24) is 10.5 Å². The van der Waals surface area contributed by atoms with Crippen LogP contribution in [0.2, 0.25) is 0 Å². The Hall–Kier alpha value is -2.14. The fourth-order valence-electron chi connectivity index (χ4n) is 2.07. The van der Waals surface area contributed by atoms with E-state index in [0.717, 1.165) is 5.56 Å². The molecule has 0 radical (unpaired) electrons. The molecule has 21 heavy (non-hydrogen) atoms. The van der Waals surface area contributed by atoms with E-state index in [0.29, 0.717) is 12.2 Å². The topological polar surface area (TPSA) is 75.4 Å². The summed E-state index contributed by atoms with van der Waals surface area (Å²) >= 11 is 0. The molecule has 2 rings (SSSR count). The molecular formula is C16H20N2O3. The summed E-state index contributed by atoms with van der Waals surface area (Å²) in [6.07, 6.45) is 0.521. The van der Waals surface area contributed by atoms with Crippen molar-refractivity contribution in [1.29, 1.82) is 0 Å². The van der Waals surface area contributed by atoms with Crippen LogP contribution in [0.25, 0.3) is 11.3 Å². The molecule has 2 aromatic rings. The molecule has 0 bridgehead atoms. The largest absolute Gasteiger partial charge is 0.396 e. The van der Waals surface area contributed by atoms with Gasteiger partial charge in [0.1, 0.15) is 0 Å². The number of amides is 1. The fourth-order valence-corrected chi connectivity index (χ4v) is 2.07. The first kappa shape index (κ1) is 15.3. The Kier molecular flexibility index (Phi) is 5.11. The average Bonchev–Trinajstić information content (AvgIpc) is 2.97. The molecular weight excluding hydrogens is 268 g/mol. The van der Waals surface area contributed by atoms with Gasteiger partial charge in [0.25, 0.3) is 5.91 Å². The molecule has 1 atom stereocenters. The van der Waals surface area contributed by atoms with E-state index in [4.69, 9.17) is 9.63 Å². The minimum Gasteiger partial charge on any atom is -0.396 e. The average molecular weight is 288 g/mol.